The molecule has 126 valence electrons. The van der Waals surface area contributed by atoms with Gasteiger partial charge in [-0.3, -0.25) is 4.79 Å². The Kier molecular flexibility index (Phi) is 4.59. The van der Waals surface area contributed by atoms with Gasteiger partial charge in [-0.1, -0.05) is 6.07 Å². The molecule has 0 spiro atoms. The Morgan fingerprint density at radius 3 is 2.96 bits per heavy atom. The number of nitrogens with one attached hydrogen (secondary N) is 1. The molecule has 0 unspecified atom stereocenters. The molecular formula is C16H17FN4O2S. The number of ether oxygens (including phenoxy) is 1. The van der Waals surface area contributed by atoms with E-state index in [0.29, 0.717) is 21.7 Å². The maximum absolute atomic E-state index is 14.2. The molecule has 1 atom stereocenters. The molecule has 3 aromatic rings. The molecule has 0 aliphatic heterocycles. The van der Waals surface area contributed by atoms with Crippen LogP contribution in [0.3, 0.4) is 0 Å². The Bertz CT molecular complexity index is 889. The zero-order chi connectivity index (χ0) is 17.3. The lowest BCUT2D eigenvalue weighted by atomic mass is 10.1. The number of fused-ring (bicyclic) bond motifs is 1. The van der Waals surface area contributed by atoms with Gasteiger partial charge >= 0.3 is 0 Å². The van der Waals surface area contributed by atoms with Gasteiger partial charge < -0.3 is 14.6 Å². The molecule has 8 heteroatoms. The molecule has 1 aromatic carbocycles. The summed E-state index contributed by atoms with van der Waals surface area (Å²) in [6.07, 6.45) is 1.57. The summed E-state index contributed by atoms with van der Waals surface area (Å²) in [5.74, 6) is 0.0123. The Morgan fingerprint density at radius 2 is 2.29 bits per heavy atom. The van der Waals surface area contributed by atoms with Crippen LogP contribution in [0.2, 0.25) is 0 Å². The number of nitrogens with zero attached hydrogens (tertiary/aromatic N) is 3. The lowest BCUT2D eigenvalue weighted by molar-refractivity contribution is 0.0937. The van der Waals surface area contributed by atoms with Crippen molar-refractivity contribution in [3.8, 4) is 0 Å². The second-order valence-electron chi connectivity index (χ2n) is 5.45. The van der Waals surface area contributed by atoms with E-state index >= 15 is 0 Å². The molecule has 3 rings (SSSR count). The number of methoxy groups -OCH3 is 1. The Hall–Kier alpha value is -2.32. The van der Waals surface area contributed by atoms with Gasteiger partial charge in [-0.15, -0.1) is 21.5 Å². The van der Waals surface area contributed by atoms with Crippen LogP contribution in [0.4, 0.5) is 4.39 Å². The second-order valence-corrected chi connectivity index (χ2v) is 6.50. The average molecular weight is 348 g/mol. The Labute approximate surface area is 142 Å². The Morgan fingerprint density at radius 1 is 1.50 bits per heavy atom. The number of carbonyl (C=O) groups is 1. The topological polar surface area (TPSA) is 69.0 Å². The molecular weight excluding hydrogens is 331 g/mol. The van der Waals surface area contributed by atoms with Gasteiger partial charge in [0.2, 0.25) is 0 Å². The monoisotopic (exact) mass is 348 g/mol. The maximum atomic E-state index is 14.2. The maximum Gasteiger partial charge on any atom is 0.262 e. The van der Waals surface area contributed by atoms with Crippen molar-refractivity contribution in [2.24, 2.45) is 7.05 Å². The van der Waals surface area contributed by atoms with Crippen LogP contribution in [0, 0.1) is 5.82 Å². The minimum Gasteiger partial charge on any atom is -0.380 e. The normalized spacial score (nSPS) is 12.5. The highest BCUT2D eigenvalue weighted by Crippen LogP contribution is 2.34. The number of thiophene rings is 1. The highest BCUT2D eigenvalue weighted by Gasteiger charge is 2.23. The number of aryl methyl sites for hydroxylation is 1. The molecule has 0 aliphatic carbocycles. The summed E-state index contributed by atoms with van der Waals surface area (Å²) in [4.78, 5) is 13.2. The van der Waals surface area contributed by atoms with Crippen LogP contribution in [0.1, 0.15) is 34.0 Å². The largest absolute Gasteiger partial charge is 0.380 e. The predicted molar refractivity (Wildman–Crippen MR) is 89.4 cm³/mol. The fourth-order valence-electron chi connectivity index (χ4n) is 2.64. The van der Waals surface area contributed by atoms with Crippen molar-refractivity contribution < 1.29 is 13.9 Å². The van der Waals surface area contributed by atoms with Crippen LogP contribution < -0.4 is 5.32 Å². The number of halogens is 1. The third kappa shape index (κ3) is 2.90. The van der Waals surface area contributed by atoms with Crippen LogP contribution in [-0.4, -0.2) is 27.8 Å². The van der Waals surface area contributed by atoms with E-state index in [0.717, 1.165) is 4.70 Å². The van der Waals surface area contributed by atoms with E-state index in [2.05, 4.69) is 15.5 Å². The highest BCUT2D eigenvalue weighted by atomic mass is 32.1. The fourth-order valence-corrected chi connectivity index (χ4v) is 3.77. The summed E-state index contributed by atoms with van der Waals surface area (Å²) in [6.45, 7) is 1.99. The molecule has 1 N–H and O–H groups in total. The average Bonchev–Trinajstić information content (AvgIpc) is 3.12. The van der Waals surface area contributed by atoms with Gasteiger partial charge in [-0.05, 0) is 19.1 Å². The molecule has 24 heavy (non-hydrogen) atoms. The van der Waals surface area contributed by atoms with Gasteiger partial charge in [0.25, 0.3) is 5.91 Å². The number of aromatic nitrogens is 3. The predicted octanol–water partition coefficient (Wildman–Crippen LogP) is 2.81. The van der Waals surface area contributed by atoms with Crippen molar-refractivity contribution >= 4 is 27.3 Å². The van der Waals surface area contributed by atoms with E-state index in [1.807, 2.05) is 14.0 Å². The van der Waals surface area contributed by atoms with Crippen LogP contribution in [0.5, 0.6) is 0 Å². The molecule has 0 bridgehead atoms. The summed E-state index contributed by atoms with van der Waals surface area (Å²) in [6, 6.07) is 4.49. The molecule has 2 aromatic heterocycles. The van der Waals surface area contributed by atoms with Crippen LogP contribution >= 0.6 is 11.3 Å². The molecule has 0 fully saturated rings. The lowest BCUT2D eigenvalue weighted by Gasteiger charge is -2.13. The van der Waals surface area contributed by atoms with E-state index < -0.39 is 0 Å². The van der Waals surface area contributed by atoms with Crippen molar-refractivity contribution in [1.82, 2.24) is 20.1 Å². The number of rotatable bonds is 5. The SMILES string of the molecule is COCc1c(C(=O)N[C@@H](C)c2nncn2C)sc2cccc(F)c12. The van der Waals surface area contributed by atoms with Crippen molar-refractivity contribution in [3.05, 3.63) is 46.6 Å². The smallest absolute Gasteiger partial charge is 0.262 e. The van der Waals surface area contributed by atoms with Gasteiger partial charge in [0, 0.05) is 29.8 Å². The third-order valence-electron chi connectivity index (χ3n) is 3.74. The first-order valence-corrected chi connectivity index (χ1v) is 8.18. The van der Waals surface area contributed by atoms with Gasteiger partial charge in [-0.2, -0.15) is 0 Å². The van der Waals surface area contributed by atoms with Crippen molar-refractivity contribution in [1.29, 1.82) is 0 Å². The Balaban J connectivity index is 1.96. The van der Waals surface area contributed by atoms with Crippen molar-refractivity contribution in [2.45, 2.75) is 19.6 Å². The minimum absolute atomic E-state index is 0.169. The first kappa shape index (κ1) is 16.5. The first-order chi connectivity index (χ1) is 11.5. The summed E-state index contributed by atoms with van der Waals surface area (Å²) in [5, 5.41) is 11.1. The van der Waals surface area contributed by atoms with Gasteiger partial charge in [0.15, 0.2) is 5.82 Å². The van der Waals surface area contributed by atoms with Crippen molar-refractivity contribution in [3.63, 3.8) is 0 Å². The number of hydrogen-bond donors (Lipinski definition) is 1. The molecule has 2 heterocycles. The van der Waals surface area contributed by atoms with Gasteiger partial charge in [0.05, 0.1) is 17.5 Å². The number of hydrogen-bond acceptors (Lipinski definition) is 5. The summed E-state index contributed by atoms with van der Waals surface area (Å²) < 4.78 is 21.8. The molecule has 0 radical (unpaired) electrons. The number of amides is 1. The second kappa shape index (κ2) is 6.66. The lowest BCUT2D eigenvalue weighted by Crippen LogP contribution is -2.28. The van der Waals surface area contributed by atoms with E-state index in [4.69, 9.17) is 4.74 Å². The highest BCUT2D eigenvalue weighted by molar-refractivity contribution is 7.21. The minimum atomic E-state index is -0.351. The summed E-state index contributed by atoms with van der Waals surface area (Å²) in [5.41, 5.74) is 0.568. The van der Waals surface area contributed by atoms with E-state index in [-0.39, 0.29) is 24.4 Å². The molecule has 0 aliphatic rings. The fraction of sp³-hybridized carbons (Fsp3) is 0.312. The number of benzene rings is 1. The van der Waals surface area contributed by atoms with E-state index in [9.17, 15) is 9.18 Å². The van der Waals surface area contributed by atoms with Crippen LogP contribution in [0.25, 0.3) is 10.1 Å². The van der Waals surface area contributed by atoms with Gasteiger partial charge in [-0.25, -0.2) is 4.39 Å². The zero-order valence-corrected chi connectivity index (χ0v) is 14.4. The quantitative estimate of drug-likeness (QED) is 0.770. The molecule has 0 saturated carbocycles. The van der Waals surface area contributed by atoms with E-state index in [1.165, 1.54) is 24.5 Å². The molecule has 0 saturated heterocycles. The van der Waals surface area contributed by atoms with Crippen LogP contribution in [-0.2, 0) is 18.4 Å². The zero-order valence-electron chi connectivity index (χ0n) is 13.5. The summed E-state index contributed by atoms with van der Waals surface area (Å²) in [7, 11) is 3.33. The van der Waals surface area contributed by atoms with Gasteiger partial charge in [0.1, 0.15) is 12.1 Å². The molecule has 6 nitrogen and oxygen atoms in total. The first-order valence-electron chi connectivity index (χ1n) is 7.36. The summed E-state index contributed by atoms with van der Waals surface area (Å²) >= 11 is 1.25. The van der Waals surface area contributed by atoms with Crippen LogP contribution in [0.15, 0.2) is 24.5 Å². The number of carbonyl (C=O) groups excluding carboxylic acids is 1. The standard InChI is InChI=1S/C16H17FN4O2S/c1-9(15-20-18-8-21(15)2)19-16(22)14-10(7-23-3)13-11(17)5-4-6-12(13)24-14/h4-6,8-9H,7H2,1-3H3,(H,19,22)/t9-/m0/s1. The van der Waals surface area contributed by atoms with Crippen molar-refractivity contribution in [2.75, 3.05) is 7.11 Å². The third-order valence-corrected chi connectivity index (χ3v) is 4.94. The molecule has 1 amide bonds. The van der Waals surface area contributed by atoms with E-state index in [1.54, 1.807) is 23.0 Å².